The van der Waals surface area contributed by atoms with E-state index in [2.05, 4.69) is 15.7 Å². The molecular formula is C11H18N4. The zero-order valence-electron chi connectivity index (χ0n) is 9.41. The van der Waals surface area contributed by atoms with Crippen LogP contribution in [-0.4, -0.2) is 12.0 Å². The molecule has 0 bridgehead atoms. The normalized spacial score (nSPS) is 11.7. The van der Waals surface area contributed by atoms with Gasteiger partial charge >= 0.3 is 0 Å². The van der Waals surface area contributed by atoms with E-state index in [4.69, 9.17) is 5.84 Å². The first-order valence-corrected chi connectivity index (χ1v) is 5.00. The first-order chi connectivity index (χ1) is 7.11. The maximum Gasteiger partial charge on any atom is 0.210 e. The minimum atomic E-state index is 0.202. The minimum Gasteiger partial charge on any atom is -0.325 e. The number of nitrogens with one attached hydrogen (secondary N) is 2. The van der Waals surface area contributed by atoms with Gasteiger partial charge in [-0.3, -0.25) is 5.43 Å². The van der Waals surface area contributed by atoms with E-state index < -0.39 is 0 Å². The van der Waals surface area contributed by atoms with E-state index >= 15 is 0 Å². The number of nitrogens with zero attached hydrogens (tertiary/aromatic N) is 1. The van der Waals surface area contributed by atoms with Crippen molar-refractivity contribution in [1.82, 2.24) is 5.43 Å². The zero-order chi connectivity index (χ0) is 11.3. The van der Waals surface area contributed by atoms with Crippen molar-refractivity contribution in [2.75, 3.05) is 5.32 Å². The molecule has 4 heteroatoms. The average molecular weight is 206 g/mol. The highest BCUT2D eigenvalue weighted by Crippen LogP contribution is 2.09. The zero-order valence-corrected chi connectivity index (χ0v) is 9.41. The van der Waals surface area contributed by atoms with Gasteiger partial charge in [0.25, 0.3) is 0 Å². The lowest BCUT2D eigenvalue weighted by molar-refractivity contribution is 0.819. The molecule has 0 fully saturated rings. The van der Waals surface area contributed by atoms with Crippen molar-refractivity contribution >= 4 is 11.6 Å². The predicted octanol–water partition coefficient (Wildman–Crippen LogP) is 1.63. The lowest BCUT2D eigenvalue weighted by Crippen LogP contribution is -2.36. The summed E-state index contributed by atoms with van der Waals surface area (Å²) in [6.07, 6.45) is 0. The van der Waals surface area contributed by atoms with E-state index in [1.807, 2.05) is 45.0 Å². The molecule has 0 amide bonds. The second-order valence-corrected chi connectivity index (χ2v) is 3.71. The minimum absolute atomic E-state index is 0.202. The molecule has 82 valence electrons. The van der Waals surface area contributed by atoms with Crippen LogP contribution in [0.5, 0.6) is 0 Å². The smallest absolute Gasteiger partial charge is 0.210 e. The fraction of sp³-hybridized carbons (Fsp3) is 0.364. The molecule has 0 unspecified atom stereocenters. The number of hydrogen-bond donors (Lipinski definition) is 3. The Balaban J connectivity index is 2.75. The summed E-state index contributed by atoms with van der Waals surface area (Å²) in [4.78, 5) is 4.29. The van der Waals surface area contributed by atoms with Crippen LogP contribution in [0, 0.1) is 6.92 Å². The monoisotopic (exact) mass is 206 g/mol. The Bertz CT molecular complexity index is 344. The molecule has 0 heterocycles. The molecule has 0 aliphatic heterocycles. The topological polar surface area (TPSA) is 62.4 Å². The third kappa shape index (κ3) is 3.99. The Hall–Kier alpha value is -1.55. The number of aryl methyl sites for hydroxylation is 1. The number of hydrazine groups is 1. The Labute approximate surface area is 90.6 Å². The molecule has 0 aliphatic carbocycles. The van der Waals surface area contributed by atoms with Gasteiger partial charge in [0.15, 0.2) is 0 Å². The number of aliphatic imine (C=N–C) groups is 1. The SMILES string of the molecule is Cc1cccc(NC(=NC(C)C)NN)c1. The standard InChI is InChI=1S/C11H18N4/c1-8(2)13-11(15-12)14-10-6-4-5-9(3)7-10/h4-8H,12H2,1-3H3,(H2,13,14,15). The van der Waals surface area contributed by atoms with Gasteiger partial charge in [0.05, 0.1) is 0 Å². The highest BCUT2D eigenvalue weighted by molar-refractivity contribution is 5.93. The van der Waals surface area contributed by atoms with Crippen molar-refractivity contribution in [1.29, 1.82) is 0 Å². The molecule has 15 heavy (non-hydrogen) atoms. The second-order valence-electron chi connectivity index (χ2n) is 3.71. The van der Waals surface area contributed by atoms with Crippen LogP contribution in [0.15, 0.2) is 29.3 Å². The molecule has 1 rings (SSSR count). The van der Waals surface area contributed by atoms with Crippen LogP contribution < -0.4 is 16.6 Å². The van der Waals surface area contributed by atoms with Crippen molar-refractivity contribution in [2.24, 2.45) is 10.8 Å². The summed E-state index contributed by atoms with van der Waals surface area (Å²) < 4.78 is 0. The fourth-order valence-corrected chi connectivity index (χ4v) is 1.22. The van der Waals surface area contributed by atoms with E-state index in [0.717, 1.165) is 5.69 Å². The molecule has 0 atom stereocenters. The molecule has 0 spiro atoms. The van der Waals surface area contributed by atoms with Gasteiger partial charge in [-0.25, -0.2) is 10.8 Å². The van der Waals surface area contributed by atoms with Crippen LogP contribution in [-0.2, 0) is 0 Å². The van der Waals surface area contributed by atoms with Gasteiger partial charge in [-0.2, -0.15) is 0 Å². The van der Waals surface area contributed by atoms with Gasteiger partial charge < -0.3 is 5.32 Å². The summed E-state index contributed by atoms with van der Waals surface area (Å²) >= 11 is 0. The van der Waals surface area contributed by atoms with Crippen LogP contribution in [0.2, 0.25) is 0 Å². The predicted molar refractivity (Wildman–Crippen MR) is 64.7 cm³/mol. The van der Waals surface area contributed by atoms with Gasteiger partial charge in [-0.05, 0) is 38.5 Å². The number of guanidine groups is 1. The van der Waals surface area contributed by atoms with Crippen LogP contribution in [0.25, 0.3) is 0 Å². The highest BCUT2D eigenvalue weighted by atomic mass is 15.3. The van der Waals surface area contributed by atoms with Gasteiger partial charge in [-0.15, -0.1) is 0 Å². The first-order valence-electron chi connectivity index (χ1n) is 5.00. The van der Waals surface area contributed by atoms with E-state index in [-0.39, 0.29) is 6.04 Å². The summed E-state index contributed by atoms with van der Waals surface area (Å²) in [6.45, 7) is 6.03. The molecule has 1 aromatic carbocycles. The maximum absolute atomic E-state index is 5.36. The van der Waals surface area contributed by atoms with Crippen LogP contribution >= 0.6 is 0 Å². The van der Waals surface area contributed by atoms with Crippen molar-refractivity contribution in [2.45, 2.75) is 26.8 Å². The van der Waals surface area contributed by atoms with Crippen LogP contribution in [0.1, 0.15) is 19.4 Å². The van der Waals surface area contributed by atoms with Crippen molar-refractivity contribution in [3.8, 4) is 0 Å². The van der Waals surface area contributed by atoms with E-state index in [1.165, 1.54) is 5.56 Å². The van der Waals surface area contributed by atoms with Crippen LogP contribution in [0.4, 0.5) is 5.69 Å². The van der Waals surface area contributed by atoms with Gasteiger partial charge in [-0.1, -0.05) is 12.1 Å². The van der Waals surface area contributed by atoms with Crippen molar-refractivity contribution in [3.05, 3.63) is 29.8 Å². The Morgan fingerprint density at radius 3 is 2.67 bits per heavy atom. The van der Waals surface area contributed by atoms with Gasteiger partial charge in [0, 0.05) is 11.7 Å². The fourth-order valence-electron chi connectivity index (χ4n) is 1.22. The van der Waals surface area contributed by atoms with Crippen LogP contribution in [0.3, 0.4) is 0 Å². The summed E-state index contributed by atoms with van der Waals surface area (Å²) in [5.41, 5.74) is 4.71. The van der Waals surface area contributed by atoms with Gasteiger partial charge in [0.2, 0.25) is 5.96 Å². The largest absolute Gasteiger partial charge is 0.325 e. The lowest BCUT2D eigenvalue weighted by atomic mass is 10.2. The molecule has 1 aromatic rings. The lowest BCUT2D eigenvalue weighted by Gasteiger charge is -2.10. The average Bonchev–Trinajstić information content (AvgIpc) is 2.16. The summed E-state index contributed by atoms with van der Waals surface area (Å²) in [5.74, 6) is 5.94. The molecule has 0 radical (unpaired) electrons. The third-order valence-electron chi connectivity index (χ3n) is 1.80. The molecule has 0 saturated heterocycles. The van der Waals surface area contributed by atoms with E-state index in [0.29, 0.717) is 5.96 Å². The van der Waals surface area contributed by atoms with E-state index in [9.17, 15) is 0 Å². The molecule has 0 aliphatic rings. The van der Waals surface area contributed by atoms with Gasteiger partial charge in [0.1, 0.15) is 0 Å². The molecule has 4 nitrogen and oxygen atoms in total. The maximum atomic E-state index is 5.36. The quantitative estimate of drug-likeness (QED) is 0.298. The third-order valence-corrected chi connectivity index (χ3v) is 1.80. The molecule has 0 saturated carbocycles. The molecular weight excluding hydrogens is 188 g/mol. The summed E-state index contributed by atoms with van der Waals surface area (Å²) in [6, 6.07) is 8.24. The number of benzene rings is 1. The number of nitrogens with two attached hydrogens (primary N) is 1. The molecule has 4 N–H and O–H groups in total. The summed E-state index contributed by atoms with van der Waals surface area (Å²) in [7, 11) is 0. The molecule has 0 aromatic heterocycles. The Morgan fingerprint density at radius 2 is 2.13 bits per heavy atom. The summed E-state index contributed by atoms with van der Waals surface area (Å²) in [5, 5.41) is 3.11. The van der Waals surface area contributed by atoms with Crippen molar-refractivity contribution in [3.63, 3.8) is 0 Å². The van der Waals surface area contributed by atoms with Crippen molar-refractivity contribution < 1.29 is 0 Å². The Kier molecular flexibility index (Phi) is 4.12. The number of anilines is 1. The number of rotatable bonds is 2. The highest BCUT2D eigenvalue weighted by Gasteiger charge is 1.98. The van der Waals surface area contributed by atoms with E-state index in [1.54, 1.807) is 0 Å². The number of hydrogen-bond acceptors (Lipinski definition) is 2. The first kappa shape index (κ1) is 11.5. The Morgan fingerprint density at radius 1 is 1.40 bits per heavy atom. The second kappa shape index (κ2) is 5.36.